The number of ether oxygens (including phenoxy) is 1. The quantitative estimate of drug-likeness (QED) is 0.325. The first kappa shape index (κ1) is 22.8. The fourth-order valence-electron chi connectivity index (χ4n) is 0.376. The van der Waals surface area contributed by atoms with Crippen LogP contribution in [-0.2, 0) is 9.53 Å². The number of carbonyl (C=O) groups excluding carboxylic acids is 1. The summed E-state index contributed by atoms with van der Waals surface area (Å²) in [5.41, 5.74) is 0. The first-order valence-electron chi connectivity index (χ1n) is 3.10. The lowest BCUT2D eigenvalue weighted by Gasteiger charge is -1.97. The fraction of sp³-hybridized carbons (Fsp3) is 0.500. The Balaban J connectivity index is -0.000000107. The van der Waals surface area contributed by atoms with Crippen molar-refractivity contribution < 1.29 is 9.53 Å². The number of rotatable bonds is 4. The van der Waals surface area contributed by atoms with E-state index in [0.29, 0.717) is 6.61 Å². The monoisotopic (exact) mass is 252 g/mol. The van der Waals surface area contributed by atoms with Crippen LogP contribution in [0.5, 0.6) is 0 Å². The molecule has 6 heteroatoms. The fourth-order valence-corrected chi connectivity index (χ4v) is 0.665. The SMILES string of the molecule is C=CC(=O)OCCC[SiH3].Cl.Cl.Cl. The van der Waals surface area contributed by atoms with Gasteiger partial charge in [0.1, 0.15) is 0 Å². The Hall–Kier alpha value is 0.297. The van der Waals surface area contributed by atoms with Gasteiger partial charge in [-0.25, -0.2) is 4.79 Å². The minimum atomic E-state index is -0.315. The van der Waals surface area contributed by atoms with Gasteiger partial charge in [0.2, 0.25) is 0 Å². The van der Waals surface area contributed by atoms with Gasteiger partial charge in [-0.2, -0.15) is 0 Å². The number of halogens is 3. The number of hydrogen-bond donors (Lipinski definition) is 0. The summed E-state index contributed by atoms with van der Waals surface area (Å²) in [6.07, 6.45) is 2.18. The third kappa shape index (κ3) is 16.7. The molecular formula is C6H15Cl3O2Si. The molecule has 0 spiro atoms. The summed E-state index contributed by atoms with van der Waals surface area (Å²) in [6, 6.07) is 1.18. The van der Waals surface area contributed by atoms with Gasteiger partial charge in [-0.15, -0.1) is 37.2 Å². The summed E-state index contributed by atoms with van der Waals surface area (Å²) in [5, 5.41) is 0. The summed E-state index contributed by atoms with van der Waals surface area (Å²) >= 11 is 0. The van der Waals surface area contributed by atoms with Crippen molar-refractivity contribution >= 4 is 53.4 Å². The highest BCUT2D eigenvalue weighted by atomic mass is 35.5. The largest absolute Gasteiger partial charge is 0.463 e. The normalized spacial score (nSPS) is 6.67. The summed E-state index contributed by atoms with van der Waals surface area (Å²) in [6.45, 7) is 3.82. The van der Waals surface area contributed by atoms with E-state index in [1.165, 1.54) is 22.4 Å². The molecule has 0 aliphatic carbocycles. The molecule has 0 fully saturated rings. The van der Waals surface area contributed by atoms with Crippen LogP contribution in [-0.4, -0.2) is 22.8 Å². The highest BCUT2D eigenvalue weighted by Crippen LogP contribution is 1.86. The van der Waals surface area contributed by atoms with Crippen molar-refractivity contribution in [2.24, 2.45) is 0 Å². The van der Waals surface area contributed by atoms with E-state index < -0.39 is 0 Å². The molecule has 0 saturated heterocycles. The third-order valence-corrected chi connectivity index (χ3v) is 1.62. The van der Waals surface area contributed by atoms with Gasteiger partial charge in [0.05, 0.1) is 6.61 Å². The van der Waals surface area contributed by atoms with Crippen LogP contribution in [0.3, 0.4) is 0 Å². The first-order valence-corrected chi connectivity index (χ1v) is 4.52. The summed E-state index contributed by atoms with van der Waals surface area (Å²) in [5.74, 6) is -0.315. The predicted octanol–water partition coefficient (Wildman–Crippen LogP) is 1.15. The van der Waals surface area contributed by atoms with Crippen molar-refractivity contribution in [3.05, 3.63) is 12.7 Å². The topological polar surface area (TPSA) is 26.3 Å². The highest BCUT2D eigenvalue weighted by molar-refractivity contribution is 6.08. The summed E-state index contributed by atoms with van der Waals surface area (Å²) < 4.78 is 4.70. The second kappa shape index (κ2) is 17.4. The van der Waals surface area contributed by atoms with Crippen LogP contribution in [0.1, 0.15) is 6.42 Å². The molecule has 0 aromatic heterocycles. The molecule has 0 bridgehead atoms. The Morgan fingerprint density at radius 3 is 2.25 bits per heavy atom. The summed E-state index contributed by atoms with van der Waals surface area (Å²) in [4.78, 5) is 10.4. The average molecular weight is 254 g/mol. The third-order valence-electron chi connectivity index (χ3n) is 0.909. The lowest BCUT2D eigenvalue weighted by Crippen LogP contribution is -2.00. The van der Waals surface area contributed by atoms with Crippen LogP contribution in [0.25, 0.3) is 0 Å². The van der Waals surface area contributed by atoms with E-state index >= 15 is 0 Å². The van der Waals surface area contributed by atoms with Gasteiger partial charge in [-0.05, 0) is 6.42 Å². The number of carbonyl (C=O) groups is 1. The average Bonchev–Trinajstić information content (AvgIpc) is 1.89. The molecular weight excluding hydrogens is 239 g/mol. The maximum atomic E-state index is 10.4. The Labute approximate surface area is 94.8 Å². The standard InChI is InChI=1S/C6H12O2Si.3ClH/c1-2-6(7)8-4-3-5-9;;;/h2H,1,3-5H2,9H3;3*1H. The summed E-state index contributed by atoms with van der Waals surface area (Å²) in [7, 11) is 1.18. The minimum absolute atomic E-state index is 0. The van der Waals surface area contributed by atoms with Gasteiger partial charge in [-0.1, -0.05) is 12.6 Å². The van der Waals surface area contributed by atoms with Gasteiger partial charge < -0.3 is 4.74 Å². The minimum Gasteiger partial charge on any atom is -0.463 e. The maximum absolute atomic E-state index is 10.4. The second-order valence-electron chi connectivity index (χ2n) is 1.73. The van der Waals surface area contributed by atoms with Crippen molar-refractivity contribution in [3.8, 4) is 0 Å². The maximum Gasteiger partial charge on any atom is 0.330 e. The molecule has 12 heavy (non-hydrogen) atoms. The lowest BCUT2D eigenvalue weighted by atomic mass is 10.5. The number of hydrogen-bond acceptors (Lipinski definition) is 2. The Bertz CT molecular complexity index is 111. The van der Waals surface area contributed by atoms with E-state index in [1.54, 1.807) is 0 Å². The number of esters is 1. The molecule has 76 valence electrons. The molecule has 0 aromatic rings. The predicted molar refractivity (Wildman–Crippen MR) is 62.3 cm³/mol. The van der Waals surface area contributed by atoms with Crippen LogP contribution < -0.4 is 0 Å². The zero-order chi connectivity index (χ0) is 7.11. The molecule has 0 aliphatic rings. The molecule has 0 aliphatic heterocycles. The van der Waals surface area contributed by atoms with E-state index in [-0.39, 0.29) is 43.2 Å². The molecule has 0 radical (unpaired) electrons. The van der Waals surface area contributed by atoms with Crippen LogP contribution >= 0.6 is 37.2 Å². The Morgan fingerprint density at radius 2 is 1.92 bits per heavy atom. The van der Waals surface area contributed by atoms with E-state index in [4.69, 9.17) is 4.74 Å². The molecule has 0 N–H and O–H groups in total. The van der Waals surface area contributed by atoms with Crippen LogP contribution in [0.15, 0.2) is 12.7 Å². The molecule has 0 aromatic carbocycles. The lowest BCUT2D eigenvalue weighted by molar-refractivity contribution is -0.137. The molecule has 0 unspecified atom stereocenters. The molecule has 0 saturated carbocycles. The van der Waals surface area contributed by atoms with Crippen LogP contribution in [0, 0.1) is 0 Å². The van der Waals surface area contributed by atoms with Gasteiger partial charge in [0, 0.05) is 16.3 Å². The van der Waals surface area contributed by atoms with Gasteiger partial charge in [-0.3, -0.25) is 0 Å². The van der Waals surface area contributed by atoms with E-state index in [0.717, 1.165) is 6.42 Å². The van der Waals surface area contributed by atoms with E-state index in [1.807, 2.05) is 0 Å². The molecule has 0 atom stereocenters. The van der Waals surface area contributed by atoms with Crippen LogP contribution in [0.4, 0.5) is 0 Å². The van der Waals surface area contributed by atoms with Crippen molar-refractivity contribution in [3.63, 3.8) is 0 Å². The van der Waals surface area contributed by atoms with Crippen molar-refractivity contribution in [2.45, 2.75) is 12.5 Å². The van der Waals surface area contributed by atoms with Crippen molar-refractivity contribution in [1.82, 2.24) is 0 Å². The zero-order valence-electron chi connectivity index (χ0n) is 6.95. The van der Waals surface area contributed by atoms with E-state index in [2.05, 4.69) is 6.58 Å². The molecule has 2 nitrogen and oxygen atoms in total. The molecule has 0 rings (SSSR count). The van der Waals surface area contributed by atoms with Gasteiger partial charge >= 0.3 is 5.97 Å². The Morgan fingerprint density at radius 1 is 1.42 bits per heavy atom. The smallest absolute Gasteiger partial charge is 0.330 e. The molecule has 0 heterocycles. The van der Waals surface area contributed by atoms with E-state index in [9.17, 15) is 4.79 Å². The highest BCUT2D eigenvalue weighted by Gasteiger charge is 1.91. The van der Waals surface area contributed by atoms with Gasteiger partial charge in [0.15, 0.2) is 0 Å². The Kier molecular flexibility index (Phi) is 33.1. The van der Waals surface area contributed by atoms with Crippen LogP contribution in [0.2, 0.25) is 6.04 Å². The zero-order valence-corrected chi connectivity index (χ0v) is 11.4. The first-order chi connectivity index (χ1) is 4.31. The second-order valence-corrected chi connectivity index (χ2v) is 2.73. The van der Waals surface area contributed by atoms with Crippen molar-refractivity contribution in [1.29, 1.82) is 0 Å². The van der Waals surface area contributed by atoms with Gasteiger partial charge in [0.25, 0.3) is 0 Å². The van der Waals surface area contributed by atoms with Crippen molar-refractivity contribution in [2.75, 3.05) is 6.61 Å². The molecule has 0 amide bonds.